The van der Waals surface area contributed by atoms with Gasteiger partial charge in [-0.1, -0.05) is 60.7 Å². The number of nitrogens with two attached hydrogens (primary N) is 1. The molecule has 0 radical (unpaired) electrons. The fraction of sp³-hybridized carbons (Fsp3) is 0. The van der Waals surface area contributed by atoms with Crippen LogP contribution in [-0.4, -0.2) is 5.78 Å². The molecule has 0 spiro atoms. The van der Waals surface area contributed by atoms with Gasteiger partial charge in [-0.05, 0) is 5.56 Å². The molecule has 2 N–H and O–H groups in total. The van der Waals surface area contributed by atoms with E-state index in [0.717, 1.165) is 5.56 Å². The van der Waals surface area contributed by atoms with Crippen molar-refractivity contribution in [2.24, 2.45) is 5.73 Å². The number of carbonyl (C=O) groups excluding carboxylic acids is 1. The number of carbonyl (C=O) groups is 1. The molecule has 0 bridgehead atoms. The molecule has 2 aromatic carbocycles. The van der Waals surface area contributed by atoms with Crippen LogP contribution < -0.4 is 35.3 Å². The molecule has 2 rings (SSSR count). The molecule has 0 saturated carbocycles. The minimum Gasteiger partial charge on any atom is -1.00 e. The number of rotatable bonds is 3. The average molecular weight is 247 g/mol. The van der Waals surface area contributed by atoms with E-state index in [1.54, 1.807) is 12.1 Å². The summed E-state index contributed by atoms with van der Waals surface area (Å²) in [6, 6.07) is 18.5. The Bertz CT molecular complexity index is 541. The third-order valence-corrected chi connectivity index (χ3v) is 2.45. The van der Waals surface area contributed by atoms with Gasteiger partial charge in [0.1, 0.15) is 0 Å². The predicted molar refractivity (Wildman–Crippen MR) is 70.5 cm³/mol. The van der Waals surface area contributed by atoms with Crippen LogP contribution in [0, 0.1) is 0 Å². The van der Waals surface area contributed by atoms with Gasteiger partial charge >= 0.3 is 29.6 Å². The molecular weight excluding hydrogens is 233 g/mol. The smallest absolute Gasteiger partial charge is 1.00 e. The third kappa shape index (κ3) is 3.84. The Hall–Kier alpha value is -1.35. The van der Waals surface area contributed by atoms with E-state index in [1.807, 2.05) is 48.5 Å². The minimum atomic E-state index is -0.0769. The topological polar surface area (TPSA) is 43.1 Å². The van der Waals surface area contributed by atoms with Gasteiger partial charge < -0.3 is 7.16 Å². The monoisotopic (exact) mass is 247 g/mol. The third-order valence-electron chi connectivity index (χ3n) is 2.45. The second-order valence-electron chi connectivity index (χ2n) is 3.70. The zero-order valence-corrected chi connectivity index (χ0v) is 12.3. The predicted octanol–water partition coefficient (Wildman–Crippen LogP) is -0.0144. The van der Waals surface area contributed by atoms with Crippen LogP contribution in [0.15, 0.2) is 66.7 Å². The van der Waals surface area contributed by atoms with E-state index in [9.17, 15) is 4.79 Å². The summed E-state index contributed by atoms with van der Waals surface area (Å²) in [5.74, 6) is -0.0769. The van der Waals surface area contributed by atoms with Crippen LogP contribution in [0.25, 0.3) is 5.70 Å². The number of allylic oxidation sites excluding steroid dienone is 1. The van der Waals surface area contributed by atoms with E-state index in [0.29, 0.717) is 11.3 Å². The summed E-state index contributed by atoms with van der Waals surface area (Å²) in [5.41, 5.74) is 7.86. The van der Waals surface area contributed by atoms with Crippen molar-refractivity contribution in [3.63, 3.8) is 0 Å². The average Bonchev–Trinajstić information content (AvgIpc) is 2.40. The van der Waals surface area contributed by atoms with Crippen LogP contribution in [0.3, 0.4) is 0 Å². The number of benzene rings is 2. The summed E-state index contributed by atoms with van der Waals surface area (Å²) in [5, 5.41) is 0. The van der Waals surface area contributed by atoms with Crippen molar-refractivity contribution in [2.75, 3.05) is 0 Å². The van der Waals surface area contributed by atoms with Gasteiger partial charge in [0.25, 0.3) is 0 Å². The van der Waals surface area contributed by atoms with Gasteiger partial charge in [-0.25, -0.2) is 0 Å². The maximum atomic E-state index is 11.9. The minimum absolute atomic E-state index is 0. The fourth-order valence-corrected chi connectivity index (χ4v) is 1.54. The van der Waals surface area contributed by atoms with E-state index in [2.05, 4.69) is 0 Å². The molecule has 0 aliphatic heterocycles. The van der Waals surface area contributed by atoms with E-state index in [1.165, 1.54) is 6.08 Å². The van der Waals surface area contributed by atoms with E-state index in [4.69, 9.17) is 5.73 Å². The van der Waals surface area contributed by atoms with Crippen molar-refractivity contribution in [3.05, 3.63) is 77.9 Å². The standard InChI is InChI=1S/C15H13NO.Na.H/c16-14(12-7-3-1-4-8-12)11-15(17)13-9-5-2-6-10-13;;/h1-11H,16H2;;/q;+1;-1. The summed E-state index contributed by atoms with van der Waals surface area (Å²) in [6.45, 7) is 0. The first kappa shape index (κ1) is 14.7. The second kappa shape index (κ2) is 7.17. The van der Waals surface area contributed by atoms with Gasteiger partial charge in [0.15, 0.2) is 5.78 Å². The molecule has 0 heterocycles. The van der Waals surface area contributed by atoms with Gasteiger partial charge in [-0.2, -0.15) is 0 Å². The summed E-state index contributed by atoms with van der Waals surface area (Å²) in [6.07, 6.45) is 1.46. The summed E-state index contributed by atoms with van der Waals surface area (Å²) >= 11 is 0. The van der Waals surface area contributed by atoms with E-state index < -0.39 is 0 Å². The van der Waals surface area contributed by atoms with Crippen LogP contribution in [0.1, 0.15) is 17.3 Å². The molecule has 2 nitrogen and oxygen atoms in total. The van der Waals surface area contributed by atoms with Crippen LogP contribution in [0.5, 0.6) is 0 Å². The molecule has 0 unspecified atom stereocenters. The van der Waals surface area contributed by atoms with Crippen molar-refractivity contribution >= 4 is 11.5 Å². The number of hydrogen-bond donors (Lipinski definition) is 1. The molecule has 18 heavy (non-hydrogen) atoms. The largest absolute Gasteiger partial charge is 1.00 e. The van der Waals surface area contributed by atoms with Crippen molar-refractivity contribution in [1.29, 1.82) is 0 Å². The normalized spacial score (nSPS) is 10.6. The Balaban J connectivity index is 0.00000162. The number of ketones is 1. The summed E-state index contributed by atoms with van der Waals surface area (Å²) in [4.78, 5) is 11.9. The molecule has 0 amide bonds. The Morgan fingerprint density at radius 1 is 0.889 bits per heavy atom. The first-order chi connectivity index (χ1) is 8.27. The Labute approximate surface area is 130 Å². The Kier molecular flexibility index (Phi) is 5.86. The number of hydrogen-bond acceptors (Lipinski definition) is 2. The van der Waals surface area contributed by atoms with Gasteiger partial charge in [0.2, 0.25) is 0 Å². The molecule has 0 aliphatic rings. The summed E-state index contributed by atoms with van der Waals surface area (Å²) < 4.78 is 0. The van der Waals surface area contributed by atoms with Crippen LogP contribution in [-0.2, 0) is 0 Å². The molecule has 0 saturated heterocycles. The second-order valence-corrected chi connectivity index (χ2v) is 3.70. The molecule has 0 atom stereocenters. The maximum absolute atomic E-state index is 11.9. The quantitative estimate of drug-likeness (QED) is 0.471. The first-order valence-electron chi connectivity index (χ1n) is 5.39. The molecule has 0 fully saturated rings. The van der Waals surface area contributed by atoms with Crippen LogP contribution in [0.4, 0.5) is 0 Å². The maximum Gasteiger partial charge on any atom is 1.00 e. The van der Waals surface area contributed by atoms with Crippen LogP contribution >= 0.6 is 0 Å². The Morgan fingerprint density at radius 2 is 1.33 bits per heavy atom. The van der Waals surface area contributed by atoms with Crippen LogP contribution in [0.2, 0.25) is 0 Å². The molecule has 2 aromatic rings. The first-order valence-corrected chi connectivity index (χ1v) is 5.39. The zero-order valence-electron chi connectivity index (χ0n) is 11.3. The van der Waals surface area contributed by atoms with E-state index >= 15 is 0 Å². The SMILES string of the molecule is NC(=CC(=O)c1ccccc1)c1ccccc1.[H-].[Na+]. The molecule has 0 aliphatic carbocycles. The van der Waals surface area contributed by atoms with Gasteiger partial charge in [0, 0.05) is 17.3 Å². The summed E-state index contributed by atoms with van der Waals surface area (Å²) in [7, 11) is 0. The van der Waals surface area contributed by atoms with Gasteiger partial charge in [-0.15, -0.1) is 0 Å². The van der Waals surface area contributed by atoms with Crippen molar-refractivity contribution in [1.82, 2.24) is 0 Å². The molecule has 86 valence electrons. The fourth-order valence-electron chi connectivity index (χ4n) is 1.54. The van der Waals surface area contributed by atoms with Crippen molar-refractivity contribution in [3.8, 4) is 0 Å². The van der Waals surface area contributed by atoms with E-state index in [-0.39, 0.29) is 36.8 Å². The molecular formula is C15H14NNaO. The van der Waals surface area contributed by atoms with Gasteiger partial charge in [-0.3, -0.25) is 4.79 Å². The Morgan fingerprint density at radius 3 is 1.83 bits per heavy atom. The van der Waals surface area contributed by atoms with Crippen molar-refractivity contribution in [2.45, 2.75) is 0 Å². The molecule has 3 heteroatoms. The van der Waals surface area contributed by atoms with Crippen molar-refractivity contribution < 1.29 is 35.8 Å². The zero-order chi connectivity index (χ0) is 12.1. The molecule has 0 aromatic heterocycles. The van der Waals surface area contributed by atoms with Gasteiger partial charge in [0.05, 0.1) is 0 Å².